The van der Waals surface area contributed by atoms with E-state index >= 15 is 0 Å². The molecule has 0 amide bonds. The molecule has 4 rings (SSSR count). The van der Waals surface area contributed by atoms with Crippen molar-refractivity contribution >= 4 is 19.0 Å². The normalized spacial score (nSPS) is 17.2. The van der Waals surface area contributed by atoms with Crippen LogP contribution in [0.4, 0.5) is 0 Å². The second kappa shape index (κ2) is 7.33. The average Bonchev–Trinajstić information content (AvgIpc) is 3.03. The van der Waals surface area contributed by atoms with Crippen molar-refractivity contribution in [2.24, 2.45) is 0 Å². The third-order valence-corrected chi connectivity index (χ3v) is 9.23. The highest BCUT2D eigenvalue weighted by atomic mass is 28.3. The smallest absolute Gasteiger partial charge is 0.295 e. The van der Waals surface area contributed by atoms with E-state index in [4.69, 9.17) is 0 Å². The van der Waals surface area contributed by atoms with Crippen LogP contribution in [0, 0.1) is 0 Å². The molecule has 0 fully saturated rings. The number of para-hydroxylation sites is 1. The van der Waals surface area contributed by atoms with Crippen molar-refractivity contribution in [3.05, 3.63) is 92.9 Å². The summed E-state index contributed by atoms with van der Waals surface area (Å²) in [7, 11) is -2.21. The van der Waals surface area contributed by atoms with Gasteiger partial charge in [0.05, 0.1) is 11.7 Å². The summed E-state index contributed by atoms with van der Waals surface area (Å²) in [6, 6.07) is 18.5. The summed E-state index contributed by atoms with van der Waals surface area (Å²) in [5.41, 5.74) is -0.379. The number of aromatic nitrogens is 3. The SMILES string of the molecule is C[Si](C)(C1=C[C@H](n2[nH]c(=O)n(-c3ccccc3)c2=O)CCC1=O)c1ccccc1. The lowest BCUT2D eigenvalue weighted by molar-refractivity contribution is -0.115. The van der Waals surface area contributed by atoms with Crippen LogP contribution in [-0.4, -0.2) is 28.2 Å². The number of carbonyl (C=O) groups is 1. The van der Waals surface area contributed by atoms with E-state index in [1.807, 2.05) is 30.3 Å². The van der Waals surface area contributed by atoms with Crippen molar-refractivity contribution in [3.63, 3.8) is 0 Å². The van der Waals surface area contributed by atoms with Crippen molar-refractivity contribution in [1.29, 1.82) is 0 Å². The fraction of sp³-hybridized carbons (Fsp3) is 0.227. The zero-order valence-electron chi connectivity index (χ0n) is 16.5. The summed E-state index contributed by atoms with van der Waals surface area (Å²) in [5, 5.41) is 4.65. The molecular weight excluding hydrogens is 382 g/mol. The summed E-state index contributed by atoms with van der Waals surface area (Å²) in [5.74, 6) is 0.139. The Bertz CT molecular complexity index is 1190. The van der Waals surface area contributed by atoms with Crippen LogP contribution in [0.25, 0.3) is 5.69 Å². The lowest BCUT2D eigenvalue weighted by Gasteiger charge is -2.30. The lowest BCUT2D eigenvalue weighted by atomic mass is 10.0. The number of hydrogen-bond donors (Lipinski definition) is 1. The number of ketones is 1. The van der Waals surface area contributed by atoms with Crippen LogP contribution in [0.5, 0.6) is 0 Å². The first-order chi connectivity index (χ1) is 13.9. The van der Waals surface area contributed by atoms with Crippen LogP contribution in [0.15, 0.2) is 81.5 Å². The van der Waals surface area contributed by atoms with E-state index in [2.05, 4.69) is 30.3 Å². The average molecular weight is 406 g/mol. The summed E-state index contributed by atoms with van der Waals surface area (Å²) in [4.78, 5) is 38.2. The van der Waals surface area contributed by atoms with Gasteiger partial charge in [-0.25, -0.2) is 23.9 Å². The molecule has 1 aliphatic carbocycles. The molecule has 0 saturated heterocycles. The monoisotopic (exact) mass is 405 g/mol. The number of allylic oxidation sites excluding steroid dienone is 2. The lowest BCUT2D eigenvalue weighted by Crippen LogP contribution is -2.47. The Morgan fingerprint density at radius 1 is 0.931 bits per heavy atom. The Morgan fingerprint density at radius 2 is 1.55 bits per heavy atom. The molecule has 29 heavy (non-hydrogen) atoms. The van der Waals surface area contributed by atoms with Gasteiger partial charge in [0, 0.05) is 6.42 Å². The fourth-order valence-electron chi connectivity index (χ4n) is 3.98. The number of aromatic amines is 1. The second-order valence-electron chi connectivity index (χ2n) is 7.84. The van der Waals surface area contributed by atoms with Gasteiger partial charge in [-0.15, -0.1) is 0 Å². The molecule has 0 saturated carbocycles. The topological polar surface area (TPSA) is 76.9 Å². The number of benzene rings is 2. The molecule has 1 N–H and O–H groups in total. The molecular formula is C22H23N3O3Si. The van der Waals surface area contributed by atoms with Crippen LogP contribution in [0.3, 0.4) is 0 Å². The highest BCUT2D eigenvalue weighted by Crippen LogP contribution is 2.28. The molecule has 0 bridgehead atoms. The molecule has 1 aliphatic rings. The predicted octanol–water partition coefficient (Wildman–Crippen LogP) is 2.31. The summed E-state index contributed by atoms with van der Waals surface area (Å²) >= 11 is 0. The number of nitrogens with zero attached hydrogens (tertiary/aromatic N) is 2. The minimum absolute atomic E-state index is 0.139. The van der Waals surface area contributed by atoms with E-state index in [0.29, 0.717) is 18.5 Å². The van der Waals surface area contributed by atoms with E-state index in [1.165, 1.54) is 9.87 Å². The highest BCUT2D eigenvalue weighted by molar-refractivity contribution is 6.98. The molecule has 7 heteroatoms. The van der Waals surface area contributed by atoms with Gasteiger partial charge < -0.3 is 0 Å². The van der Waals surface area contributed by atoms with Gasteiger partial charge in [-0.2, -0.15) is 0 Å². The number of hydrogen-bond acceptors (Lipinski definition) is 3. The van der Waals surface area contributed by atoms with Gasteiger partial charge in [0.2, 0.25) is 0 Å². The largest absolute Gasteiger partial charge is 0.352 e. The summed E-state index contributed by atoms with van der Waals surface area (Å²) in [6.45, 7) is 4.30. The van der Waals surface area contributed by atoms with Crippen molar-refractivity contribution < 1.29 is 4.79 Å². The predicted molar refractivity (Wildman–Crippen MR) is 116 cm³/mol. The van der Waals surface area contributed by atoms with Gasteiger partial charge in [-0.1, -0.05) is 72.9 Å². The Hall–Kier alpha value is -3.19. The quantitative estimate of drug-likeness (QED) is 0.677. The molecule has 6 nitrogen and oxygen atoms in total. The van der Waals surface area contributed by atoms with Crippen LogP contribution in [-0.2, 0) is 4.79 Å². The fourth-order valence-corrected chi connectivity index (χ4v) is 6.75. The molecule has 1 atom stereocenters. The van der Waals surface area contributed by atoms with E-state index in [-0.39, 0.29) is 11.8 Å². The van der Waals surface area contributed by atoms with E-state index in [1.54, 1.807) is 24.3 Å². The van der Waals surface area contributed by atoms with Crippen LogP contribution in [0.2, 0.25) is 13.1 Å². The zero-order valence-corrected chi connectivity index (χ0v) is 17.5. The Balaban J connectivity index is 1.78. The summed E-state index contributed by atoms with van der Waals surface area (Å²) in [6.07, 6.45) is 2.76. The third kappa shape index (κ3) is 3.38. The number of carbonyl (C=O) groups excluding carboxylic acids is 1. The minimum atomic E-state index is -2.21. The molecule has 148 valence electrons. The molecule has 0 spiro atoms. The van der Waals surface area contributed by atoms with Crippen molar-refractivity contribution in [2.75, 3.05) is 0 Å². The molecule has 0 radical (unpaired) electrons. The number of Topliss-reactive ketones (excluding diaryl/α,β-unsaturated/α-hetero) is 1. The second-order valence-corrected chi connectivity index (χ2v) is 12.2. The minimum Gasteiger partial charge on any atom is -0.295 e. The molecule has 0 aliphatic heterocycles. The molecule has 2 aromatic carbocycles. The molecule has 3 aromatic rings. The zero-order chi connectivity index (χ0) is 20.6. The maximum absolute atomic E-state index is 13.0. The van der Waals surface area contributed by atoms with Gasteiger partial charge in [-0.05, 0) is 23.7 Å². The van der Waals surface area contributed by atoms with Crippen molar-refractivity contribution in [3.8, 4) is 5.69 Å². The van der Waals surface area contributed by atoms with Crippen LogP contribution < -0.4 is 16.6 Å². The van der Waals surface area contributed by atoms with E-state index in [9.17, 15) is 14.4 Å². The van der Waals surface area contributed by atoms with Gasteiger partial charge >= 0.3 is 11.4 Å². The standard InChI is InChI=1S/C22H23N3O3Si/c1-29(2,18-11-7-4-8-12-18)20-15-17(13-14-19(20)26)25-22(28)24(21(27)23-25)16-9-5-3-6-10-16/h3-12,15,17H,13-14H2,1-2H3,(H,23,27)/t17-/m1/s1. The molecule has 1 aromatic heterocycles. The third-order valence-electron chi connectivity index (χ3n) is 5.66. The molecule has 0 unspecified atom stereocenters. The van der Waals surface area contributed by atoms with Crippen LogP contribution in [0.1, 0.15) is 18.9 Å². The van der Waals surface area contributed by atoms with Gasteiger partial charge in [0.1, 0.15) is 8.07 Å². The summed E-state index contributed by atoms with van der Waals surface area (Å²) < 4.78 is 2.49. The maximum atomic E-state index is 13.0. The van der Waals surface area contributed by atoms with Crippen LogP contribution >= 0.6 is 0 Å². The number of nitrogens with one attached hydrogen (secondary N) is 1. The van der Waals surface area contributed by atoms with Crippen molar-refractivity contribution in [2.45, 2.75) is 32.0 Å². The van der Waals surface area contributed by atoms with Gasteiger partial charge in [0.15, 0.2) is 5.78 Å². The number of rotatable bonds is 4. The van der Waals surface area contributed by atoms with Gasteiger partial charge in [0.25, 0.3) is 0 Å². The Kier molecular flexibility index (Phi) is 4.83. The Morgan fingerprint density at radius 3 is 2.21 bits per heavy atom. The van der Waals surface area contributed by atoms with E-state index < -0.39 is 19.5 Å². The maximum Gasteiger partial charge on any atom is 0.352 e. The highest BCUT2D eigenvalue weighted by Gasteiger charge is 2.36. The number of H-pyrrole nitrogens is 1. The van der Waals surface area contributed by atoms with E-state index in [0.717, 1.165) is 9.76 Å². The first-order valence-corrected chi connectivity index (χ1v) is 12.7. The van der Waals surface area contributed by atoms with Crippen molar-refractivity contribution in [1.82, 2.24) is 14.3 Å². The molecule has 1 heterocycles. The first kappa shape index (κ1) is 19.1. The Labute approximate surface area is 169 Å². The first-order valence-electron chi connectivity index (χ1n) is 9.69. The van der Waals surface area contributed by atoms with Gasteiger partial charge in [-0.3, -0.25) is 4.79 Å².